The molecule has 1 aromatic rings. The topological polar surface area (TPSA) is 108 Å². The molecule has 0 spiro atoms. The summed E-state index contributed by atoms with van der Waals surface area (Å²) >= 11 is 0. The van der Waals surface area contributed by atoms with Crippen LogP contribution in [-0.2, 0) is 9.53 Å². The summed E-state index contributed by atoms with van der Waals surface area (Å²) in [5.41, 5.74) is 0.00660. The molecule has 1 saturated heterocycles. The minimum absolute atomic E-state index is 0.0939. The molecule has 0 saturated carbocycles. The molecule has 0 aliphatic carbocycles. The number of aryl methyl sites for hydroxylation is 1. The highest BCUT2D eigenvalue weighted by Crippen LogP contribution is 2.18. The average Bonchev–Trinajstić information content (AvgIpc) is 2.45. The van der Waals surface area contributed by atoms with E-state index in [-0.39, 0.29) is 11.5 Å². The average molecular weight is 294 g/mol. The highest BCUT2D eigenvalue weighted by molar-refractivity contribution is 5.96. The van der Waals surface area contributed by atoms with Crippen LogP contribution < -0.4 is 10.9 Å². The first kappa shape index (κ1) is 15.2. The number of carboxylic acid groups (broad SMARTS) is 1. The van der Waals surface area contributed by atoms with Crippen LogP contribution in [0.5, 0.6) is 0 Å². The Labute approximate surface area is 121 Å². The number of amides is 1. The second-order valence-corrected chi connectivity index (χ2v) is 5.15. The van der Waals surface area contributed by atoms with Crippen molar-refractivity contribution in [1.29, 1.82) is 0 Å². The molecule has 7 nitrogen and oxygen atoms in total. The zero-order chi connectivity index (χ0) is 15.4. The van der Waals surface area contributed by atoms with Crippen LogP contribution in [0.1, 0.15) is 28.9 Å². The van der Waals surface area contributed by atoms with Crippen LogP contribution in [0.25, 0.3) is 0 Å². The van der Waals surface area contributed by atoms with Gasteiger partial charge in [-0.15, -0.1) is 0 Å². The van der Waals surface area contributed by atoms with Gasteiger partial charge in [0, 0.05) is 18.2 Å². The van der Waals surface area contributed by atoms with Gasteiger partial charge in [-0.2, -0.15) is 0 Å². The zero-order valence-electron chi connectivity index (χ0n) is 11.7. The van der Waals surface area contributed by atoms with E-state index in [1.807, 2.05) is 0 Å². The van der Waals surface area contributed by atoms with Crippen molar-refractivity contribution in [3.05, 3.63) is 33.7 Å². The van der Waals surface area contributed by atoms with Crippen molar-refractivity contribution < 1.29 is 19.4 Å². The molecule has 7 heteroatoms. The Bertz CT molecular complexity index is 589. The van der Waals surface area contributed by atoms with Crippen molar-refractivity contribution in [3.63, 3.8) is 0 Å². The summed E-state index contributed by atoms with van der Waals surface area (Å²) in [7, 11) is 0. The predicted molar refractivity (Wildman–Crippen MR) is 74.2 cm³/mol. The van der Waals surface area contributed by atoms with Gasteiger partial charge in [0.15, 0.2) is 0 Å². The summed E-state index contributed by atoms with van der Waals surface area (Å²) in [4.78, 5) is 37.7. The lowest BCUT2D eigenvalue weighted by Gasteiger charge is -2.28. The van der Waals surface area contributed by atoms with E-state index < -0.39 is 23.5 Å². The molecule has 2 atom stereocenters. The summed E-state index contributed by atoms with van der Waals surface area (Å²) in [6, 6.07) is 1.92. The van der Waals surface area contributed by atoms with E-state index in [2.05, 4.69) is 10.3 Å². The standard InChI is InChI=1S/C14H18N2O5/c1-8-4-5-10(12(17)15-8)13(18)16-11(14(19)20)9-3-2-6-21-7-9/h4-5,9,11H,2-3,6-7H2,1H3,(H,15,17)(H,16,18)(H,19,20). The van der Waals surface area contributed by atoms with Crippen molar-refractivity contribution >= 4 is 11.9 Å². The third-order valence-electron chi connectivity index (χ3n) is 3.52. The molecule has 1 amide bonds. The minimum Gasteiger partial charge on any atom is -0.480 e. The number of aromatic nitrogens is 1. The lowest BCUT2D eigenvalue weighted by atomic mass is 9.93. The Morgan fingerprint density at radius 2 is 2.24 bits per heavy atom. The number of pyridine rings is 1. The van der Waals surface area contributed by atoms with Gasteiger partial charge in [0.05, 0.1) is 6.61 Å². The maximum absolute atomic E-state index is 12.1. The first-order chi connectivity index (χ1) is 9.99. The van der Waals surface area contributed by atoms with Gasteiger partial charge < -0.3 is 20.1 Å². The molecule has 2 rings (SSSR count). The third kappa shape index (κ3) is 3.69. The Kier molecular flexibility index (Phi) is 4.74. The van der Waals surface area contributed by atoms with Crippen LogP contribution in [0.3, 0.4) is 0 Å². The van der Waals surface area contributed by atoms with E-state index >= 15 is 0 Å². The second-order valence-electron chi connectivity index (χ2n) is 5.15. The van der Waals surface area contributed by atoms with Crippen molar-refractivity contribution in [1.82, 2.24) is 10.3 Å². The van der Waals surface area contributed by atoms with Gasteiger partial charge in [0.2, 0.25) is 0 Å². The molecule has 1 aliphatic rings. The number of aromatic amines is 1. The Morgan fingerprint density at radius 3 is 2.81 bits per heavy atom. The maximum Gasteiger partial charge on any atom is 0.326 e. The minimum atomic E-state index is -1.12. The van der Waals surface area contributed by atoms with Gasteiger partial charge in [0.25, 0.3) is 11.5 Å². The zero-order valence-corrected chi connectivity index (χ0v) is 11.7. The number of carboxylic acids is 1. The van der Waals surface area contributed by atoms with E-state index in [1.54, 1.807) is 13.0 Å². The lowest BCUT2D eigenvalue weighted by Crippen LogP contribution is -2.49. The molecule has 1 fully saturated rings. The number of aliphatic carboxylic acids is 1. The summed E-state index contributed by atoms with van der Waals surface area (Å²) in [6.07, 6.45) is 1.43. The fourth-order valence-corrected chi connectivity index (χ4v) is 2.38. The van der Waals surface area contributed by atoms with Gasteiger partial charge in [-0.1, -0.05) is 0 Å². The number of hydrogen-bond acceptors (Lipinski definition) is 4. The van der Waals surface area contributed by atoms with Crippen LogP contribution in [-0.4, -0.2) is 41.2 Å². The highest BCUT2D eigenvalue weighted by Gasteiger charge is 2.32. The van der Waals surface area contributed by atoms with Crippen molar-refractivity contribution in [2.24, 2.45) is 5.92 Å². The molecule has 1 aliphatic heterocycles. The number of nitrogens with one attached hydrogen (secondary N) is 2. The van der Waals surface area contributed by atoms with Gasteiger partial charge in [-0.25, -0.2) is 4.79 Å². The number of hydrogen-bond donors (Lipinski definition) is 3. The fraction of sp³-hybridized carbons (Fsp3) is 0.500. The molecule has 21 heavy (non-hydrogen) atoms. The molecule has 0 radical (unpaired) electrons. The SMILES string of the molecule is Cc1ccc(C(=O)NC(C(=O)O)C2CCCOC2)c(=O)[nH]1. The number of carbonyl (C=O) groups excluding carboxylic acids is 1. The van der Waals surface area contributed by atoms with Crippen LogP contribution >= 0.6 is 0 Å². The van der Waals surface area contributed by atoms with E-state index in [0.29, 0.717) is 25.3 Å². The molecule has 2 heterocycles. The van der Waals surface area contributed by atoms with Gasteiger partial charge in [-0.3, -0.25) is 9.59 Å². The highest BCUT2D eigenvalue weighted by atomic mass is 16.5. The van der Waals surface area contributed by atoms with E-state index in [1.165, 1.54) is 6.07 Å². The van der Waals surface area contributed by atoms with E-state index in [4.69, 9.17) is 4.74 Å². The van der Waals surface area contributed by atoms with Crippen LogP contribution in [0.4, 0.5) is 0 Å². The van der Waals surface area contributed by atoms with Gasteiger partial charge >= 0.3 is 5.97 Å². The lowest BCUT2D eigenvalue weighted by molar-refractivity contribution is -0.142. The summed E-state index contributed by atoms with van der Waals surface area (Å²) in [5, 5.41) is 11.7. The number of rotatable bonds is 4. The Morgan fingerprint density at radius 1 is 1.48 bits per heavy atom. The van der Waals surface area contributed by atoms with Crippen LogP contribution in [0.2, 0.25) is 0 Å². The summed E-state index contributed by atoms with van der Waals surface area (Å²) in [5.74, 6) is -2.10. The summed E-state index contributed by atoms with van der Waals surface area (Å²) < 4.78 is 5.26. The van der Waals surface area contributed by atoms with Crippen molar-refractivity contribution in [2.45, 2.75) is 25.8 Å². The number of H-pyrrole nitrogens is 1. The normalized spacial score (nSPS) is 19.8. The molecule has 2 unspecified atom stereocenters. The first-order valence-electron chi connectivity index (χ1n) is 6.80. The molecule has 1 aromatic heterocycles. The molecule has 0 bridgehead atoms. The monoisotopic (exact) mass is 294 g/mol. The molecular formula is C14H18N2O5. The predicted octanol–water partition coefficient (Wildman–Crippen LogP) is 0.293. The van der Waals surface area contributed by atoms with Crippen molar-refractivity contribution in [3.8, 4) is 0 Å². The molecule has 114 valence electrons. The third-order valence-corrected chi connectivity index (χ3v) is 3.52. The Balaban J connectivity index is 2.14. The maximum atomic E-state index is 12.1. The Hall–Kier alpha value is -2.15. The van der Waals surface area contributed by atoms with E-state index in [0.717, 1.165) is 6.42 Å². The van der Waals surface area contributed by atoms with Crippen molar-refractivity contribution in [2.75, 3.05) is 13.2 Å². The van der Waals surface area contributed by atoms with Crippen LogP contribution in [0, 0.1) is 12.8 Å². The van der Waals surface area contributed by atoms with Gasteiger partial charge in [-0.05, 0) is 31.9 Å². The summed E-state index contributed by atoms with van der Waals surface area (Å²) in [6.45, 7) is 2.60. The quantitative estimate of drug-likeness (QED) is 0.739. The molecular weight excluding hydrogens is 276 g/mol. The van der Waals surface area contributed by atoms with E-state index in [9.17, 15) is 19.5 Å². The first-order valence-corrected chi connectivity index (χ1v) is 6.80. The fourth-order valence-electron chi connectivity index (χ4n) is 2.38. The number of ether oxygens (including phenoxy) is 1. The smallest absolute Gasteiger partial charge is 0.326 e. The second kappa shape index (κ2) is 6.53. The van der Waals surface area contributed by atoms with Crippen LogP contribution in [0.15, 0.2) is 16.9 Å². The molecule has 0 aromatic carbocycles. The number of carbonyl (C=O) groups is 2. The molecule has 3 N–H and O–H groups in total. The largest absolute Gasteiger partial charge is 0.480 e. The van der Waals surface area contributed by atoms with Gasteiger partial charge in [0.1, 0.15) is 11.6 Å².